The summed E-state index contributed by atoms with van der Waals surface area (Å²) in [7, 11) is 0. The van der Waals surface area contributed by atoms with E-state index < -0.39 is 5.91 Å². The fourth-order valence-electron chi connectivity index (χ4n) is 3.26. The molecule has 0 spiro atoms. The highest BCUT2D eigenvalue weighted by atomic mass is 79.9. The molecule has 1 aromatic carbocycles. The van der Waals surface area contributed by atoms with Crippen LogP contribution in [0.4, 0.5) is 5.69 Å². The number of carbonyl (C=O) groups excluding carboxylic acids is 2. The zero-order chi connectivity index (χ0) is 23.0. The molecule has 4 rings (SSSR count). The van der Waals surface area contributed by atoms with Crippen molar-refractivity contribution in [3.8, 4) is 5.82 Å². The van der Waals surface area contributed by atoms with E-state index in [1.54, 1.807) is 18.2 Å². The van der Waals surface area contributed by atoms with E-state index in [0.29, 0.717) is 20.4 Å². The molecule has 1 aliphatic rings. The van der Waals surface area contributed by atoms with Gasteiger partial charge in [0.2, 0.25) is 0 Å². The van der Waals surface area contributed by atoms with Gasteiger partial charge in [-0.15, -0.1) is 0 Å². The maximum absolute atomic E-state index is 13.2. The molecule has 2 N–H and O–H groups in total. The maximum atomic E-state index is 13.2. The summed E-state index contributed by atoms with van der Waals surface area (Å²) >= 11 is 21.9. The first kappa shape index (κ1) is 23.0. The van der Waals surface area contributed by atoms with Crippen molar-refractivity contribution in [2.45, 2.75) is 25.8 Å². The Morgan fingerprint density at radius 1 is 1.19 bits per heavy atom. The molecule has 2 aromatic heterocycles. The number of hydrogen-bond donors (Lipinski definition) is 2. The first-order valence-electron chi connectivity index (χ1n) is 9.72. The third-order valence-electron chi connectivity index (χ3n) is 5.08. The van der Waals surface area contributed by atoms with Crippen molar-refractivity contribution in [2.24, 2.45) is 5.92 Å². The van der Waals surface area contributed by atoms with Crippen LogP contribution in [0, 0.1) is 5.92 Å². The van der Waals surface area contributed by atoms with E-state index in [1.165, 1.54) is 23.0 Å². The molecule has 1 atom stereocenters. The number of amides is 2. The Morgan fingerprint density at radius 2 is 1.94 bits per heavy atom. The van der Waals surface area contributed by atoms with Crippen molar-refractivity contribution < 1.29 is 9.59 Å². The fraction of sp³-hybridized carbons (Fsp3) is 0.238. The molecule has 2 heterocycles. The Morgan fingerprint density at radius 3 is 2.62 bits per heavy atom. The van der Waals surface area contributed by atoms with Crippen molar-refractivity contribution in [1.82, 2.24) is 20.1 Å². The van der Waals surface area contributed by atoms with Gasteiger partial charge in [0, 0.05) is 27.8 Å². The highest BCUT2D eigenvalue weighted by Gasteiger charge is 2.30. The van der Waals surface area contributed by atoms with Gasteiger partial charge in [-0.2, -0.15) is 5.10 Å². The minimum atomic E-state index is -0.557. The monoisotopic (exact) mass is 555 g/mol. The van der Waals surface area contributed by atoms with E-state index in [4.69, 9.17) is 34.8 Å². The van der Waals surface area contributed by atoms with Crippen molar-refractivity contribution in [1.29, 1.82) is 0 Å². The molecule has 2 amide bonds. The molecule has 3 aromatic rings. The van der Waals surface area contributed by atoms with Gasteiger partial charge in [0.05, 0.1) is 16.3 Å². The minimum absolute atomic E-state index is 0.0235. The molecule has 1 fully saturated rings. The van der Waals surface area contributed by atoms with Crippen LogP contribution in [-0.4, -0.2) is 32.6 Å². The lowest BCUT2D eigenvalue weighted by Crippen LogP contribution is -2.34. The SMILES string of the molecule is CC(NC(=O)c1cc(Cl)cc(Br)c1NC(=O)c1cc(Cl)nn1-c1ncccc1Cl)C1CC1. The Hall–Kier alpha value is -2.13. The highest BCUT2D eigenvalue weighted by molar-refractivity contribution is 9.10. The topological polar surface area (TPSA) is 88.9 Å². The van der Waals surface area contributed by atoms with E-state index in [0.717, 1.165) is 12.8 Å². The summed E-state index contributed by atoms with van der Waals surface area (Å²) in [4.78, 5) is 30.3. The summed E-state index contributed by atoms with van der Waals surface area (Å²) < 4.78 is 1.70. The van der Waals surface area contributed by atoms with Gasteiger partial charge >= 0.3 is 0 Å². The summed E-state index contributed by atoms with van der Waals surface area (Å²) in [5, 5.41) is 10.6. The molecule has 1 unspecified atom stereocenters. The Labute approximate surface area is 207 Å². The summed E-state index contributed by atoms with van der Waals surface area (Å²) in [6.07, 6.45) is 3.70. The number of halogens is 4. The largest absolute Gasteiger partial charge is 0.349 e. The predicted molar refractivity (Wildman–Crippen MR) is 128 cm³/mol. The van der Waals surface area contributed by atoms with Crippen LogP contribution in [0.15, 0.2) is 41.0 Å². The van der Waals surface area contributed by atoms with Gasteiger partial charge < -0.3 is 10.6 Å². The molecule has 32 heavy (non-hydrogen) atoms. The lowest BCUT2D eigenvalue weighted by Gasteiger charge is -2.17. The number of carbonyl (C=O) groups is 2. The van der Waals surface area contributed by atoms with Crippen molar-refractivity contribution >= 4 is 68.2 Å². The molecule has 0 bridgehead atoms. The quantitative estimate of drug-likeness (QED) is 0.403. The van der Waals surface area contributed by atoms with Crippen LogP contribution in [0.1, 0.15) is 40.6 Å². The zero-order valence-electron chi connectivity index (χ0n) is 16.7. The normalized spacial score (nSPS) is 14.2. The number of nitrogens with zero attached hydrogens (tertiary/aromatic N) is 3. The zero-order valence-corrected chi connectivity index (χ0v) is 20.6. The van der Waals surface area contributed by atoms with Gasteiger partial charge in [0.25, 0.3) is 11.8 Å². The molecule has 1 aliphatic carbocycles. The third kappa shape index (κ3) is 4.93. The molecule has 7 nitrogen and oxygen atoms in total. The van der Waals surface area contributed by atoms with Gasteiger partial charge in [-0.25, -0.2) is 9.67 Å². The summed E-state index contributed by atoms with van der Waals surface area (Å²) in [6.45, 7) is 1.96. The van der Waals surface area contributed by atoms with Crippen molar-refractivity contribution in [3.05, 3.63) is 67.5 Å². The van der Waals surface area contributed by atoms with Crippen LogP contribution in [0.2, 0.25) is 15.2 Å². The molecular formula is C21H17BrCl3N5O2. The van der Waals surface area contributed by atoms with Gasteiger partial charge in [0.15, 0.2) is 11.0 Å². The second kappa shape index (κ2) is 9.39. The average molecular weight is 558 g/mol. The Balaban J connectivity index is 1.67. The van der Waals surface area contributed by atoms with Crippen LogP contribution >= 0.6 is 50.7 Å². The molecule has 1 saturated carbocycles. The predicted octanol–water partition coefficient (Wildman–Crippen LogP) is 5.77. The third-order valence-corrected chi connectivity index (χ3v) is 6.40. The van der Waals surface area contributed by atoms with Gasteiger partial charge in [-0.05, 0) is 65.9 Å². The maximum Gasteiger partial charge on any atom is 0.274 e. The number of anilines is 1. The summed E-state index contributed by atoms with van der Waals surface area (Å²) in [6, 6.07) is 7.81. The summed E-state index contributed by atoms with van der Waals surface area (Å²) in [5.41, 5.74) is 0.601. The van der Waals surface area contributed by atoms with E-state index in [2.05, 4.69) is 36.6 Å². The number of nitrogens with one attached hydrogen (secondary N) is 2. The molecule has 0 saturated heterocycles. The van der Waals surface area contributed by atoms with Gasteiger partial charge in [-0.3, -0.25) is 9.59 Å². The molecular weight excluding hydrogens is 541 g/mol. The molecule has 166 valence electrons. The molecule has 11 heteroatoms. The Kier molecular flexibility index (Phi) is 6.76. The second-order valence-electron chi connectivity index (χ2n) is 7.44. The summed E-state index contributed by atoms with van der Waals surface area (Å²) in [5.74, 6) is -0.169. The highest BCUT2D eigenvalue weighted by Crippen LogP contribution is 2.34. The molecule has 0 aliphatic heterocycles. The number of benzene rings is 1. The van der Waals surface area contributed by atoms with Crippen LogP contribution in [0.5, 0.6) is 0 Å². The second-order valence-corrected chi connectivity index (χ2v) is 9.52. The van der Waals surface area contributed by atoms with Crippen LogP contribution in [-0.2, 0) is 0 Å². The standard InChI is InChI=1S/C21H17BrCl3N5O2/c1-10(11-4-5-11)27-20(31)13-7-12(23)8-14(22)18(13)28-21(32)16-9-17(25)29-30(16)19-15(24)3-2-6-26-19/h2-3,6-11H,4-5H2,1H3,(H,27,31)(H,28,32). The van der Waals surface area contributed by atoms with E-state index in [9.17, 15) is 9.59 Å². The van der Waals surface area contributed by atoms with Crippen molar-refractivity contribution in [2.75, 3.05) is 5.32 Å². The fourth-order valence-corrected chi connectivity index (χ4v) is 4.55. The minimum Gasteiger partial charge on any atom is -0.349 e. The van der Waals surface area contributed by atoms with Crippen LogP contribution in [0.25, 0.3) is 5.82 Å². The van der Waals surface area contributed by atoms with E-state index >= 15 is 0 Å². The van der Waals surface area contributed by atoms with E-state index in [-0.39, 0.29) is 39.9 Å². The smallest absolute Gasteiger partial charge is 0.274 e. The van der Waals surface area contributed by atoms with Crippen LogP contribution in [0.3, 0.4) is 0 Å². The van der Waals surface area contributed by atoms with Gasteiger partial charge in [0.1, 0.15) is 5.69 Å². The number of rotatable bonds is 6. The number of pyridine rings is 1. The van der Waals surface area contributed by atoms with Gasteiger partial charge in [-0.1, -0.05) is 34.8 Å². The Bertz CT molecular complexity index is 1210. The first-order chi connectivity index (χ1) is 15.2. The number of hydrogen-bond acceptors (Lipinski definition) is 4. The first-order valence-corrected chi connectivity index (χ1v) is 11.6. The lowest BCUT2D eigenvalue weighted by molar-refractivity contribution is 0.0936. The number of aromatic nitrogens is 3. The lowest BCUT2D eigenvalue weighted by atomic mass is 10.1. The van der Waals surface area contributed by atoms with Crippen molar-refractivity contribution in [3.63, 3.8) is 0 Å². The molecule has 0 radical (unpaired) electrons. The van der Waals surface area contributed by atoms with Crippen LogP contribution < -0.4 is 10.6 Å². The average Bonchev–Trinajstić information content (AvgIpc) is 3.52. The van der Waals surface area contributed by atoms with E-state index in [1.807, 2.05) is 6.92 Å².